The summed E-state index contributed by atoms with van der Waals surface area (Å²) in [4.78, 5) is 0. The summed E-state index contributed by atoms with van der Waals surface area (Å²) in [6.45, 7) is 1.83. The summed E-state index contributed by atoms with van der Waals surface area (Å²) in [7, 11) is 0. The molecule has 4 heteroatoms. The molecular formula is C8H7ClN2O. The van der Waals surface area contributed by atoms with E-state index in [9.17, 15) is 0 Å². The van der Waals surface area contributed by atoms with Gasteiger partial charge in [0.05, 0.1) is 16.1 Å². The fourth-order valence-corrected chi connectivity index (χ4v) is 1.39. The lowest BCUT2D eigenvalue weighted by molar-refractivity contribution is 0.450. The number of benzene rings is 1. The Balaban J connectivity index is 2.98. The number of nitrogen functional groups attached to an aromatic ring is 1. The van der Waals surface area contributed by atoms with E-state index in [1.54, 1.807) is 12.1 Å². The van der Waals surface area contributed by atoms with Crippen LogP contribution in [0.25, 0.3) is 11.0 Å². The zero-order valence-corrected chi connectivity index (χ0v) is 7.22. The second-order valence-corrected chi connectivity index (χ2v) is 3.02. The Bertz CT molecular complexity index is 436. The number of nitrogens with two attached hydrogens (primary N) is 1. The van der Waals surface area contributed by atoms with Crippen molar-refractivity contribution < 1.29 is 4.52 Å². The number of rotatable bonds is 0. The Labute approximate surface area is 74.1 Å². The molecule has 0 atom stereocenters. The molecule has 0 saturated heterocycles. The largest absolute Gasteiger partial charge is 0.398 e. The average Bonchev–Trinajstić information content (AvgIpc) is 2.42. The van der Waals surface area contributed by atoms with E-state index in [1.807, 2.05) is 6.92 Å². The number of anilines is 1. The minimum absolute atomic E-state index is 0.541. The van der Waals surface area contributed by atoms with Crippen LogP contribution in [0.15, 0.2) is 16.7 Å². The predicted octanol–water partition coefficient (Wildman–Crippen LogP) is 2.37. The van der Waals surface area contributed by atoms with E-state index in [0.29, 0.717) is 16.3 Å². The number of hydrogen-bond acceptors (Lipinski definition) is 3. The molecule has 12 heavy (non-hydrogen) atoms. The second-order valence-electron chi connectivity index (χ2n) is 2.61. The van der Waals surface area contributed by atoms with Gasteiger partial charge in [0.2, 0.25) is 0 Å². The van der Waals surface area contributed by atoms with Crippen LogP contribution in [0.5, 0.6) is 0 Å². The van der Waals surface area contributed by atoms with Gasteiger partial charge in [-0.05, 0) is 19.1 Å². The maximum absolute atomic E-state index is 5.85. The van der Waals surface area contributed by atoms with Crippen LogP contribution in [-0.2, 0) is 0 Å². The Morgan fingerprint density at radius 3 is 2.92 bits per heavy atom. The van der Waals surface area contributed by atoms with Crippen molar-refractivity contribution in [3.8, 4) is 0 Å². The highest BCUT2D eigenvalue weighted by molar-refractivity contribution is 6.35. The second kappa shape index (κ2) is 2.38. The van der Waals surface area contributed by atoms with Crippen LogP contribution in [0.2, 0.25) is 5.02 Å². The lowest BCUT2D eigenvalue weighted by atomic mass is 10.2. The van der Waals surface area contributed by atoms with Gasteiger partial charge >= 0.3 is 0 Å². The summed E-state index contributed by atoms with van der Waals surface area (Å²) >= 11 is 5.85. The lowest BCUT2D eigenvalue weighted by Crippen LogP contribution is -1.85. The number of halogens is 1. The van der Waals surface area contributed by atoms with Gasteiger partial charge in [-0.15, -0.1) is 0 Å². The van der Waals surface area contributed by atoms with Crippen LogP contribution in [0.3, 0.4) is 0 Å². The zero-order valence-electron chi connectivity index (χ0n) is 6.47. The molecule has 2 aromatic rings. The van der Waals surface area contributed by atoms with Crippen molar-refractivity contribution in [1.82, 2.24) is 5.16 Å². The highest BCUT2D eigenvalue weighted by Crippen LogP contribution is 2.30. The van der Waals surface area contributed by atoms with Gasteiger partial charge < -0.3 is 10.3 Å². The third-order valence-electron chi connectivity index (χ3n) is 1.78. The standard InChI is InChI=1S/C8H7ClN2O/c1-4-7-6(10)3-2-5(9)8(7)12-11-4/h2-3H,10H2,1H3. The number of aryl methyl sites for hydroxylation is 1. The molecule has 0 saturated carbocycles. The van der Waals surface area contributed by atoms with Crippen molar-refractivity contribution in [2.45, 2.75) is 6.92 Å². The Hall–Kier alpha value is -1.22. The Kier molecular flexibility index (Phi) is 1.48. The van der Waals surface area contributed by atoms with Gasteiger partial charge in [0.25, 0.3) is 0 Å². The molecule has 3 nitrogen and oxygen atoms in total. The maximum Gasteiger partial charge on any atom is 0.187 e. The molecular weight excluding hydrogens is 176 g/mol. The van der Waals surface area contributed by atoms with E-state index in [1.165, 1.54) is 0 Å². The maximum atomic E-state index is 5.85. The molecule has 0 aliphatic heterocycles. The van der Waals surface area contributed by atoms with Crippen molar-refractivity contribution in [1.29, 1.82) is 0 Å². The monoisotopic (exact) mass is 182 g/mol. The third-order valence-corrected chi connectivity index (χ3v) is 2.08. The van der Waals surface area contributed by atoms with Gasteiger partial charge in [0, 0.05) is 5.69 Å². The predicted molar refractivity (Wildman–Crippen MR) is 48.2 cm³/mol. The van der Waals surface area contributed by atoms with Gasteiger partial charge in [-0.1, -0.05) is 16.8 Å². The first kappa shape index (κ1) is 7.43. The molecule has 1 aromatic heterocycles. The molecule has 0 aliphatic rings. The number of hydrogen-bond donors (Lipinski definition) is 1. The first-order valence-corrected chi connectivity index (χ1v) is 3.88. The summed E-state index contributed by atoms with van der Waals surface area (Å²) in [6.07, 6.45) is 0. The van der Waals surface area contributed by atoms with Crippen molar-refractivity contribution >= 4 is 28.3 Å². The minimum Gasteiger partial charge on any atom is -0.398 e. The smallest absolute Gasteiger partial charge is 0.187 e. The van der Waals surface area contributed by atoms with Crippen LogP contribution >= 0.6 is 11.6 Å². The van der Waals surface area contributed by atoms with Gasteiger partial charge in [-0.2, -0.15) is 0 Å². The summed E-state index contributed by atoms with van der Waals surface area (Å²) in [5, 5.41) is 5.13. The van der Waals surface area contributed by atoms with Crippen molar-refractivity contribution in [3.63, 3.8) is 0 Å². The van der Waals surface area contributed by atoms with Gasteiger partial charge in [-0.3, -0.25) is 0 Å². The molecule has 1 heterocycles. The highest BCUT2D eigenvalue weighted by Gasteiger charge is 2.10. The molecule has 0 amide bonds. The van der Waals surface area contributed by atoms with Crippen LogP contribution in [0.4, 0.5) is 5.69 Å². The van der Waals surface area contributed by atoms with E-state index < -0.39 is 0 Å². The Morgan fingerprint density at radius 2 is 2.25 bits per heavy atom. The number of fused-ring (bicyclic) bond motifs is 1. The topological polar surface area (TPSA) is 52.0 Å². The van der Waals surface area contributed by atoms with Gasteiger partial charge in [0.1, 0.15) is 0 Å². The van der Waals surface area contributed by atoms with Crippen LogP contribution < -0.4 is 5.73 Å². The summed E-state index contributed by atoms with van der Waals surface area (Å²) in [5.74, 6) is 0. The molecule has 0 fully saturated rings. The average molecular weight is 183 g/mol. The zero-order chi connectivity index (χ0) is 8.72. The van der Waals surface area contributed by atoms with E-state index in [0.717, 1.165) is 11.1 Å². The van der Waals surface area contributed by atoms with Crippen molar-refractivity contribution in [2.24, 2.45) is 0 Å². The first-order valence-electron chi connectivity index (χ1n) is 3.50. The lowest BCUT2D eigenvalue weighted by Gasteiger charge is -1.95. The fourth-order valence-electron chi connectivity index (χ4n) is 1.19. The Morgan fingerprint density at radius 1 is 1.50 bits per heavy atom. The summed E-state index contributed by atoms with van der Waals surface area (Å²) in [5.41, 5.74) is 7.69. The van der Waals surface area contributed by atoms with E-state index in [4.69, 9.17) is 21.9 Å². The van der Waals surface area contributed by atoms with E-state index >= 15 is 0 Å². The summed E-state index contributed by atoms with van der Waals surface area (Å²) in [6, 6.07) is 3.44. The first-order chi connectivity index (χ1) is 5.70. The number of aromatic nitrogens is 1. The molecule has 2 rings (SSSR count). The molecule has 0 radical (unpaired) electrons. The van der Waals surface area contributed by atoms with E-state index in [-0.39, 0.29) is 0 Å². The van der Waals surface area contributed by atoms with Crippen molar-refractivity contribution in [3.05, 3.63) is 22.8 Å². The van der Waals surface area contributed by atoms with Crippen LogP contribution in [-0.4, -0.2) is 5.16 Å². The quantitative estimate of drug-likeness (QED) is 0.637. The molecule has 0 unspecified atom stereocenters. The molecule has 0 spiro atoms. The molecule has 0 aliphatic carbocycles. The highest BCUT2D eigenvalue weighted by atomic mass is 35.5. The van der Waals surface area contributed by atoms with Gasteiger partial charge in [0.15, 0.2) is 5.58 Å². The minimum atomic E-state index is 0.541. The van der Waals surface area contributed by atoms with Crippen LogP contribution in [0, 0.1) is 6.92 Å². The molecule has 62 valence electrons. The normalized spacial score (nSPS) is 10.8. The van der Waals surface area contributed by atoms with Crippen molar-refractivity contribution in [2.75, 3.05) is 5.73 Å². The third kappa shape index (κ3) is 0.865. The number of nitrogens with zero attached hydrogens (tertiary/aromatic N) is 1. The SMILES string of the molecule is Cc1noc2c(Cl)ccc(N)c12. The molecule has 2 N–H and O–H groups in total. The van der Waals surface area contributed by atoms with Gasteiger partial charge in [-0.25, -0.2) is 0 Å². The van der Waals surface area contributed by atoms with E-state index in [2.05, 4.69) is 5.16 Å². The van der Waals surface area contributed by atoms with Crippen LogP contribution in [0.1, 0.15) is 5.69 Å². The fraction of sp³-hybridized carbons (Fsp3) is 0.125. The molecule has 0 bridgehead atoms. The molecule has 1 aromatic carbocycles. The summed E-state index contributed by atoms with van der Waals surface area (Å²) < 4.78 is 5.00.